The van der Waals surface area contributed by atoms with E-state index in [1.54, 1.807) is 37.3 Å². The Morgan fingerprint density at radius 1 is 1.10 bits per heavy atom. The predicted octanol–water partition coefficient (Wildman–Crippen LogP) is 2.05. The maximum Gasteiger partial charge on any atom is 0.287 e. The number of nitrogens with two attached hydrogens (primary N) is 1. The summed E-state index contributed by atoms with van der Waals surface area (Å²) < 4.78 is 22.0. The van der Waals surface area contributed by atoms with Crippen molar-refractivity contribution in [3.05, 3.63) is 71.2 Å². The summed E-state index contributed by atoms with van der Waals surface area (Å²) in [6.07, 6.45) is 0.0836. The Morgan fingerprint density at radius 2 is 1.83 bits per heavy atom. The molecule has 1 aromatic heterocycles. The number of hydrogen-bond acceptors (Lipinski definition) is 6. The predicted molar refractivity (Wildman–Crippen MR) is 106 cm³/mol. The summed E-state index contributed by atoms with van der Waals surface area (Å²) in [7, 11) is 0. The number of hydrogen-bond donors (Lipinski definition) is 2. The average molecular weight is 412 g/mol. The lowest BCUT2D eigenvalue weighted by molar-refractivity contribution is -0.137. The number of nitrogens with one attached hydrogen (secondary N) is 1. The van der Waals surface area contributed by atoms with Crippen LogP contribution < -0.4 is 11.1 Å². The number of halogens is 1. The number of primary amides is 1. The smallest absolute Gasteiger partial charge is 0.287 e. The zero-order chi connectivity index (χ0) is 21.0. The van der Waals surface area contributed by atoms with E-state index in [4.69, 9.17) is 5.73 Å². The molecular formula is C20H17FN4O3S. The Labute approximate surface area is 170 Å². The monoisotopic (exact) mass is 412 g/mol. The molecule has 0 fully saturated rings. The maximum atomic E-state index is 13.9. The van der Waals surface area contributed by atoms with E-state index in [1.165, 1.54) is 12.1 Å². The van der Waals surface area contributed by atoms with Gasteiger partial charge in [0, 0.05) is 12.0 Å². The number of nitrogens with zero attached hydrogens (tertiary/aromatic N) is 2. The van der Waals surface area contributed by atoms with Gasteiger partial charge >= 0.3 is 0 Å². The fourth-order valence-electron chi connectivity index (χ4n) is 2.84. The van der Waals surface area contributed by atoms with Crippen LogP contribution in [-0.2, 0) is 16.0 Å². The quantitative estimate of drug-likeness (QED) is 0.577. The van der Waals surface area contributed by atoms with Crippen molar-refractivity contribution >= 4 is 29.3 Å². The molecule has 0 radical (unpaired) electrons. The zero-order valence-corrected chi connectivity index (χ0v) is 16.2. The van der Waals surface area contributed by atoms with Crippen LogP contribution in [0.3, 0.4) is 0 Å². The summed E-state index contributed by atoms with van der Waals surface area (Å²) in [6, 6.07) is 12.2. The van der Waals surface area contributed by atoms with Gasteiger partial charge in [0.05, 0.1) is 11.7 Å². The van der Waals surface area contributed by atoms with Gasteiger partial charge in [-0.1, -0.05) is 42.5 Å². The number of carbonyl (C=O) groups excluding carboxylic acids is 3. The van der Waals surface area contributed by atoms with Crippen LogP contribution in [0.25, 0.3) is 11.3 Å². The first kappa shape index (κ1) is 20.3. The minimum atomic E-state index is -1.16. The van der Waals surface area contributed by atoms with Crippen molar-refractivity contribution in [2.24, 2.45) is 5.73 Å². The molecule has 2 amide bonds. The van der Waals surface area contributed by atoms with E-state index in [1.807, 2.05) is 6.07 Å². The van der Waals surface area contributed by atoms with Gasteiger partial charge in [0.25, 0.3) is 11.8 Å². The fraction of sp³-hybridized carbons (Fsp3) is 0.150. The molecule has 29 heavy (non-hydrogen) atoms. The number of rotatable bonds is 7. The van der Waals surface area contributed by atoms with Crippen molar-refractivity contribution in [2.75, 3.05) is 0 Å². The van der Waals surface area contributed by atoms with E-state index in [0.29, 0.717) is 11.1 Å². The standard InChI is InChI=1S/C20H17FN4O3S/c1-11-13(8-5-9-14(11)21)16-17(25-29-24-16)20(28)23-15(18(26)19(22)27)10-12-6-3-2-4-7-12/h2-9,15H,10H2,1H3,(H2,22,27)(H,23,28). The molecule has 0 spiro atoms. The van der Waals surface area contributed by atoms with Gasteiger partial charge in [-0.25, -0.2) is 4.39 Å². The highest BCUT2D eigenvalue weighted by atomic mass is 32.1. The molecule has 0 aliphatic rings. The Kier molecular flexibility index (Phi) is 6.08. The first-order valence-corrected chi connectivity index (χ1v) is 9.38. The van der Waals surface area contributed by atoms with Crippen LogP contribution in [0.2, 0.25) is 0 Å². The van der Waals surface area contributed by atoms with Crippen LogP contribution in [0, 0.1) is 12.7 Å². The second-order valence-corrected chi connectivity index (χ2v) is 6.85. The molecule has 148 valence electrons. The number of Topliss-reactive ketones (excluding diaryl/α,β-unsaturated/α-hetero) is 1. The van der Waals surface area contributed by atoms with E-state index in [2.05, 4.69) is 14.1 Å². The summed E-state index contributed by atoms with van der Waals surface area (Å²) >= 11 is 0.790. The highest BCUT2D eigenvalue weighted by molar-refractivity contribution is 6.99. The summed E-state index contributed by atoms with van der Waals surface area (Å²) in [5.41, 5.74) is 6.77. The Hall–Kier alpha value is -3.46. The number of carbonyl (C=O) groups is 3. The molecule has 0 bridgehead atoms. The second kappa shape index (κ2) is 8.70. The lowest BCUT2D eigenvalue weighted by Gasteiger charge is -2.16. The third-order valence-corrected chi connectivity index (χ3v) is 4.90. The Balaban J connectivity index is 1.89. The fourth-order valence-corrected chi connectivity index (χ4v) is 3.39. The first-order valence-electron chi connectivity index (χ1n) is 8.65. The number of ketones is 1. The van der Waals surface area contributed by atoms with Gasteiger partial charge in [-0.05, 0) is 24.1 Å². The molecule has 1 atom stereocenters. The molecule has 1 unspecified atom stereocenters. The van der Waals surface area contributed by atoms with Gasteiger partial charge in [-0.15, -0.1) is 0 Å². The molecule has 0 aliphatic carbocycles. The maximum absolute atomic E-state index is 13.9. The van der Waals surface area contributed by atoms with Crippen molar-refractivity contribution in [3.8, 4) is 11.3 Å². The topological polar surface area (TPSA) is 115 Å². The minimum Gasteiger partial charge on any atom is -0.363 e. The summed E-state index contributed by atoms with van der Waals surface area (Å²) in [4.78, 5) is 36.5. The van der Waals surface area contributed by atoms with Crippen LogP contribution >= 0.6 is 11.7 Å². The molecule has 7 nitrogen and oxygen atoms in total. The van der Waals surface area contributed by atoms with Crippen molar-refractivity contribution in [3.63, 3.8) is 0 Å². The molecule has 0 aliphatic heterocycles. The number of aromatic nitrogens is 2. The van der Waals surface area contributed by atoms with Gasteiger partial charge in [-0.2, -0.15) is 8.75 Å². The van der Waals surface area contributed by atoms with Crippen LogP contribution in [-0.4, -0.2) is 32.4 Å². The van der Waals surface area contributed by atoms with E-state index in [0.717, 1.165) is 17.3 Å². The number of amides is 2. The molecular weight excluding hydrogens is 395 g/mol. The molecule has 9 heteroatoms. The summed E-state index contributed by atoms with van der Waals surface area (Å²) in [5.74, 6) is -3.21. The van der Waals surface area contributed by atoms with E-state index in [-0.39, 0.29) is 17.8 Å². The normalized spacial score (nSPS) is 11.7. The largest absolute Gasteiger partial charge is 0.363 e. The van der Waals surface area contributed by atoms with E-state index < -0.39 is 29.5 Å². The van der Waals surface area contributed by atoms with E-state index in [9.17, 15) is 18.8 Å². The van der Waals surface area contributed by atoms with Crippen molar-refractivity contribution in [2.45, 2.75) is 19.4 Å². The van der Waals surface area contributed by atoms with Crippen LogP contribution in [0.1, 0.15) is 21.6 Å². The highest BCUT2D eigenvalue weighted by Gasteiger charge is 2.28. The zero-order valence-electron chi connectivity index (χ0n) is 15.4. The SMILES string of the molecule is Cc1c(F)cccc1-c1nsnc1C(=O)NC(Cc1ccccc1)C(=O)C(N)=O. The van der Waals surface area contributed by atoms with Crippen LogP contribution in [0.5, 0.6) is 0 Å². The van der Waals surface area contributed by atoms with Crippen LogP contribution in [0.4, 0.5) is 4.39 Å². The molecule has 3 rings (SSSR count). The van der Waals surface area contributed by atoms with Crippen molar-refractivity contribution in [1.29, 1.82) is 0 Å². The van der Waals surface area contributed by atoms with Gasteiger partial charge in [0.1, 0.15) is 17.6 Å². The Morgan fingerprint density at radius 3 is 2.52 bits per heavy atom. The van der Waals surface area contributed by atoms with Gasteiger partial charge in [-0.3, -0.25) is 14.4 Å². The number of benzene rings is 2. The van der Waals surface area contributed by atoms with Gasteiger partial charge in [0.15, 0.2) is 5.69 Å². The average Bonchev–Trinajstić information content (AvgIpc) is 3.19. The molecule has 2 aromatic carbocycles. The second-order valence-electron chi connectivity index (χ2n) is 6.32. The van der Waals surface area contributed by atoms with Gasteiger partial charge < -0.3 is 11.1 Å². The third-order valence-electron chi connectivity index (χ3n) is 4.37. The van der Waals surface area contributed by atoms with Crippen LogP contribution in [0.15, 0.2) is 48.5 Å². The Bertz CT molecular complexity index is 1070. The summed E-state index contributed by atoms with van der Waals surface area (Å²) in [6.45, 7) is 1.57. The van der Waals surface area contributed by atoms with Crippen molar-refractivity contribution in [1.82, 2.24) is 14.1 Å². The van der Waals surface area contributed by atoms with Crippen molar-refractivity contribution < 1.29 is 18.8 Å². The third kappa shape index (κ3) is 4.52. The molecule has 0 saturated carbocycles. The first-order chi connectivity index (χ1) is 13.9. The van der Waals surface area contributed by atoms with E-state index >= 15 is 0 Å². The minimum absolute atomic E-state index is 0.0565. The highest BCUT2D eigenvalue weighted by Crippen LogP contribution is 2.27. The molecule has 0 saturated heterocycles. The molecule has 3 aromatic rings. The lowest BCUT2D eigenvalue weighted by Crippen LogP contribution is -2.47. The molecule has 1 heterocycles. The molecule has 3 N–H and O–H groups in total. The van der Waals surface area contributed by atoms with Gasteiger partial charge in [0.2, 0.25) is 5.78 Å². The lowest BCUT2D eigenvalue weighted by atomic mass is 10.0. The summed E-state index contributed by atoms with van der Waals surface area (Å²) in [5, 5.41) is 2.51.